The van der Waals surface area contributed by atoms with Crippen molar-refractivity contribution in [3.05, 3.63) is 47.4 Å². The maximum atomic E-state index is 13.3. The second-order valence-electron chi connectivity index (χ2n) is 5.56. The number of anilines is 1. The Bertz CT molecular complexity index is 779. The summed E-state index contributed by atoms with van der Waals surface area (Å²) in [6, 6.07) is 7.48. The first-order valence-corrected chi connectivity index (χ1v) is 7.32. The Hall–Kier alpha value is -2.88. The number of nitriles is 1. The van der Waals surface area contributed by atoms with Crippen LogP contribution in [-0.2, 0) is 7.05 Å². The minimum Gasteiger partial charge on any atom is -0.353 e. The van der Waals surface area contributed by atoms with Crippen LogP contribution in [0.3, 0.4) is 0 Å². The summed E-state index contributed by atoms with van der Waals surface area (Å²) in [4.78, 5) is 14.4. The van der Waals surface area contributed by atoms with E-state index in [2.05, 4.69) is 15.3 Å². The summed E-state index contributed by atoms with van der Waals surface area (Å²) in [5.41, 5.74) is 0.165. The number of amides is 1. The van der Waals surface area contributed by atoms with Crippen molar-refractivity contribution < 1.29 is 9.18 Å². The summed E-state index contributed by atoms with van der Waals surface area (Å²) in [5, 5.41) is 16.1. The normalized spacial score (nSPS) is 17.1. The predicted molar refractivity (Wildman–Crippen MR) is 82.4 cm³/mol. The number of aryl methyl sites for hydroxylation is 1. The van der Waals surface area contributed by atoms with E-state index in [0.29, 0.717) is 12.1 Å². The second kappa shape index (κ2) is 6.08. The highest BCUT2D eigenvalue weighted by Gasteiger charge is 2.25. The Morgan fingerprint density at radius 1 is 1.48 bits per heavy atom. The molecule has 1 saturated heterocycles. The molecule has 1 fully saturated rings. The Labute approximate surface area is 133 Å². The molecule has 1 aliphatic rings. The number of nitrogens with zero attached hydrogens (tertiary/aromatic N) is 4. The van der Waals surface area contributed by atoms with Crippen LogP contribution in [0.1, 0.15) is 22.3 Å². The van der Waals surface area contributed by atoms with E-state index in [1.165, 1.54) is 12.1 Å². The first kappa shape index (κ1) is 15.0. The molecule has 0 spiro atoms. The molecule has 0 aliphatic carbocycles. The molecule has 1 unspecified atom stereocenters. The standard InChI is InChI=1S/C16H16FN5O/c1-21-6-5-15(20-21)22-7-4-13(10-22)19-16(23)11-2-3-14(17)12(8-11)9-18/h2-3,5-6,8,13H,4,7,10H2,1H3,(H,19,23). The third kappa shape index (κ3) is 3.16. The van der Waals surface area contributed by atoms with Crippen LogP contribution in [0.15, 0.2) is 30.5 Å². The second-order valence-corrected chi connectivity index (χ2v) is 5.56. The molecule has 1 atom stereocenters. The molecule has 0 radical (unpaired) electrons. The molecule has 1 aromatic heterocycles. The van der Waals surface area contributed by atoms with E-state index in [9.17, 15) is 9.18 Å². The van der Waals surface area contributed by atoms with Crippen molar-refractivity contribution in [2.75, 3.05) is 18.0 Å². The monoisotopic (exact) mass is 313 g/mol. The molecule has 1 N–H and O–H groups in total. The fourth-order valence-electron chi connectivity index (χ4n) is 2.68. The molecular weight excluding hydrogens is 297 g/mol. The number of carbonyl (C=O) groups is 1. The largest absolute Gasteiger partial charge is 0.353 e. The number of hydrogen-bond acceptors (Lipinski definition) is 4. The van der Waals surface area contributed by atoms with Gasteiger partial charge in [0.05, 0.1) is 5.56 Å². The van der Waals surface area contributed by atoms with E-state index in [4.69, 9.17) is 5.26 Å². The van der Waals surface area contributed by atoms with Crippen molar-refractivity contribution in [3.8, 4) is 6.07 Å². The number of benzene rings is 1. The quantitative estimate of drug-likeness (QED) is 0.930. The van der Waals surface area contributed by atoms with Gasteiger partial charge >= 0.3 is 0 Å². The fourth-order valence-corrected chi connectivity index (χ4v) is 2.68. The Kier molecular flexibility index (Phi) is 3.98. The Balaban J connectivity index is 1.64. The molecule has 3 rings (SSSR count). The van der Waals surface area contributed by atoms with Crippen LogP contribution in [0.25, 0.3) is 0 Å². The molecule has 23 heavy (non-hydrogen) atoms. The lowest BCUT2D eigenvalue weighted by Crippen LogP contribution is -2.37. The molecule has 1 aliphatic heterocycles. The lowest BCUT2D eigenvalue weighted by atomic mass is 10.1. The van der Waals surface area contributed by atoms with Crippen molar-refractivity contribution in [2.45, 2.75) is 12.5 Å². The van der Waals surface area contributed by atoms with Gasteiger partial charge in [-0.25, -0.2) is 4.39 Å². The maximum absolute atomic E-state index is 13.3. The van der Waals surface area contributed by atoms with Crippen molar-refractivity contribution in [3.63, 3.8) is 0 Å². The van der Waals surface area contributed by atoms with Gasteiger partial charge in [-0.3, -0.25) is 9.48 Å². The highest BCUT2D eigenvalue weighted by molar-refractivity contribution is 5.94. The van der Waals surface area contributed by atoms with E-state index in [-0.39, 0.29) is 17.5 Å². The van der Waals surface area contributed by atoms with Gasteiger partial charge in [-0.2, -0.15) is 10.4 Å². The number of carbonyl (C=O) groups excluding carboxylic acids is 1. The summed E-state index contributed by atoms with van der Waals surface area (Å²) in [5.74, 6) is -0.0292. The van der Waals surface area contributed by atoms with E-state index in [1.54, 1.807) is 10.8 Å². The zero-order valence-electron chi connectivity index (χ0n) is 12.7. The maximum Gasteiger partial charge on any atom is 0.251 e. The third-order valence-corrected chi connectivity index (χ3v) is 3.90. The lowest BCUT2D eigenvalue weighted by molar-refractivity contribution is 0.0940. The average Bonchev–Trinajstić information content (AvgIpc) is 3.16. The number of rotatable bonds is 3. The third-order valence-electron chi connectivity index (χ3n) is 3.90. The van der Waals surface area contributed by atoms with Crippen LogP contribution in [0.4, 0.5) is 10.2 Å². The molecule has 1 amide bonds. The Morgan fingerprint density at radius 3 is 3.00 bits per heavy atom. The van der Waals surface area contributed by atoms with E-state index in [0.717, 1.165) is 24.8 Å². The van der Waals surface area contributed by atoms with Crippen LogP contribution in [0, 0.1) is 17.1 Å². The van der Waals surface area contributed by atoms with Crippen LogP contribution in [-0.4, -0.2) is 34.8 Å². The molecule has 2 aromatic rings. The minimum atomic E-state index is -0.619. The molecule has 7 heteroatoms. The first-order chi connectivity index (χ1) is 11.1. The average molecular weight is 313 g/mol. The molecule has 0 bridgehead atoms. The van der Waals surface area contributed by atoms with Crippen LogP contribution in [0.5, 0.6) is 0 Å². The van der Waals surface area contributed by atoms with Crippen LogP contribution >= 0.6 is 0 Å². The van der Waals surface area contributed by atoms with Crippen LogP contribution in [0.2, 0.25) is 0 Å². The van der Waals surface area contributed by atoms with Crippen molar-refractivity contribution in [1.82, 2.24) is 15.1 Å². The molecule has 1 aromatic carbocycles. The molecule has 118 valence electrons. The van der Waals surface area contributed by atoms with Crippen LogP contribution < -0.4 is 10.2 Å². The van der Waals surface area contributed by atoms with Gasteiger partial charge < -0.3 is 10.2 Å². The lowest BCUT2D eigenvalue weighted by Gasteiger charge is -2.16. The zero-order chi connectivity index (χ0) is 16.4. The van der Waals surface area contributed by atoms with Gasteiger partial charge in [0.15, 0.2) is 5.82 Å². The van der Waals surface area contributed by atoms with Gasteiger partial charge in [0.25, 0.3) is 5.91 Å². The van der Waals surface area contributed by atoms with Gasteiger partial charge in [0, 0.05) is 44.0 Å². The van der Waals surface area contributed by atoms with Gasteiger partial charge in [0.1, 0.15) is 11.9 Å². The van der Waals surface area contributed by atoms with Gasteiger partial charge in [0.2, 0.25) is 0 Å². The number of aromatic nitrogens is 2. The zero-order valence-corrected chi connectivity index (χ0v) is 12.7. The van der Waals surface area contributed by atoms with Crippen molar-refractivity contribution in [1.29, 1.82) is 5.26 Å². The predicted octanol–water partition coefficient (Wildman–Crippen LogP) is 1.44. The van der Waals surface area contributed by atoms with Gasteiger partial charge in [-0.1, -0.05) is 0 Å². The number of hydrogen-bond donors (Lipinski definition) is 1. The van der Waals surface area contributed by atoms with E-state index >= 15 is 0 Å². The molecule has 0 saturated carbocycles. The van der Waals surface area contributed by atoms with E-state index in [1.807, 2.05) is 19.3 Å². The summed E-state index contributed by atoms with van der Waals surface area (Å²) in [7, 11) is 1.86. The van der Waals surface area contributed by atoms with Crippen molar-refractivity contribution in [2.24, 2.45) is 7.05 Å². The number of nitrogens with one attached hydrogen (secondary N) is 1. The summed E-state index contributed by atoms with van der Waals surface area (Å²) in [6.07, 6.45) is 2.69. The molecule has 6 nitrogen and oxygen atoms in total. The first-order valence-electron chi connectivity index (χ1n) is 7.32. The fraction of sp³-hybridized carbons (Fsp3) is 0.312. The minimum absolute atomic E-state index is 0.0000879. The van der Waals surface area contributed by atoms with Gasteiger partial charge in [-0.15, -0.1) is 0 Å². The summed E-state index contributed by atoms with van der Waals surface area (Å²) in [6.45, 7) is 1.49. The number of halogens is 1. The van der Waals surface area contributed by atoms with Gasteiger partial charge in [-0.05, 0) is 24.6 Å². The topological polar surface area (TPSA) is 73.9 Å². The SMILES string of the molecule is Cn1ccc(N2CCC(NC(=O)c3ccc(F)c(C#N)c3)C2)n1. The highest BCUT2D eigenvalue weighted by atomic mass is 19.1. The van der Waals surface area contributed by atoms with Crippen molar-refractivity contribution >= 4 is 11.7 Å². The highest BCUT2D eigenvalue weighted by Crippen LogP contribution is 2.18. The Morgan fingerprint density at radius 2 is 2.30 bits per heavy atom. The summed E-state index contributed by atoms with van der Waals surface area (Å²) < 4.78 is 15.0. The smallest absolute Gasteiger partial charge is 0.251 e. The summed E-state index contributed by atoms with van der Waals surface area (Å²) >= 11 is 0. The molecule has 2 heterocycles. The van der Waals surface area contributed by atoms with E-state index < -0.39 is 5.82 Å². The molecular formula is C16H16FN5O.